The number of carbonyl (C=O) groups is 2. The van der Waals surface area contributed by atoms with Gasteiger partial charge in [0.15, 0.2) is 0 Å². The monoisotopic (exact) mass is 691 g/mol. The molecule has 250 valence electrons. The van der Waals surface area contributed by atoms with Crippen molar-refractivity contribution in [2.45, 2.75) is 63.8 Å². The Labute approximate surface area is 289 Å². The number of nitrogens with zero attached hydrogens (tertiary/aromatic N) is 2. The van der Waals surface area contributed by atoms with E-state index in [-0.39, 0.29) is 30.1 Å². The second-order valence-electron chi connectivity index (χ2n) is 12.9. The molecular formula is C38H37Cl2F2N3O3. The van der Waals surface area contributed by atoms with E-state index in [1.807, 2.05) is 43.3 Å². The summed E-state index contributed by atoms with van der Waals surface area (Å²) in [6.45, 7) is 5.79. The van der Waals surface area contributed by atoms with Gasteiger partial charge in [0.25, 0.3) is 0 Å². The highest BCUT2D eigenvalue weighted by molar-refractivity contribution is 6.42. The third-order valence-electron chi connectivity index (χ3n) is 9.52. The van der Waals surface area contributed by atoms with Gasteiger partial charge in [0, 0.05) is 50.6 Å². The number of likely N-dealkylation sites (tertiary alicyclic amines) is 1. The number of carbonyl (C=O) groups excluding carboxylic acids is 2. The molecule has 2 atom stereocenters. The zero-order chi connectivity index (χ0) is 34.0. The molecule has 6 rings (SSSR count). The molecule has 0 bridgehead atoms. The average Bonchev–Trinajstić information content (AvgIpc) is 3.06. The number of piperidine rings is 1. The van der Waals surface area contributed by atoms with E-state index in [1.54, 1.807) is 29.2 Å². The number of fused-ring (bicyclic) bond motifs is 2. The van der Waals surface area contributed by atoms with E-state index in [1.165, 1.54) is 24.3 Å². The number of benzene rings is 4. The lowest BCUT2D eigenvalue weighted by Gasteiger charge is -2.46. The molecule has 0 aromatic heterocycles. The van der Waals surface area contributed by atoms with Gasteiger partial charge in [-0.05, 0) is 79.4 Å². The van der Waals surface area contributed by atoms with Crippen LogP contribution in [0.3, 0.4) is 0 Å². The Kier molecular flexibility index (Phi) is 10.1. The summed E-state index contributed by atoms with van der Waals surface area (Å²) >= 11 is 12.8. The van der Waals surface area contributed by atoms with Gasteiger partial charge in [0.05, 0.1) is 21.7 Å². The Morgan fingerprint density at radius 1 is 0.917 bits per heavy atom. The largest absolute Gasteiger partial charge is 0.438 e. The third kappa shape index (κ3) is 7.51. The van der Waals surface area contributed by atoms with E-state index in [2.05, 4.69) is 17.1 Å². The smallest absolute Gasteiger partial charge is 0.412 e. The van der Waals surface area contributed by atoms with E-state index >= 15 is 0 Å². The summed E-state index contributed by atoms with van der Waals surface area (Å²) in [5, 5.41) is 3.43. The summed E-state index contributed by atoms with van der Waals surface area (Å²) in [6.07, 6.45) is 0.870. The Morgan fingerprint density at radius 3 is 2.33 bits per heavy atom. The van der Waals surface area contributed by atoms with E-state index in [0.717, 1.165) is 16.7 Å². The standard InChI is InChI=1S/C38H37Cl2F2N3O3/c1-24-6-8-26(9-7-24)22-45(23-27-4-3-5-29(41)19-27)36(46)31(28-10-12-33(39)34(40)20-28)18-25(2)44-16-14-38(15-17-44)32-21-30(42)11-13-35(32)43-37(47)48-38/h3-13,19-21,25,31H,14-18,22-23H2,1-2H3,(H,43,47). The van der Waals surface area contributed by atoms with Crippen molar-refractivity contribution in [2.24, 2.45) is 0 Å². The van der Waals surface area contributed by atoms with Crippen LogP contribution in [0.2, 0.25) is 10.0 Å². The Balaban J connectivity index is 1.27. The Hall–Kier alpha value is -3.98. The molecule has 2 amide bonds. The third-order valence-corrected chi connectivity index (χ3v) is 10.3. The predicted molar refractivity (Wildman–Crippen MR) is 184 cm³/mol. The molecule has 2 aliphatic heterocycles. The van der Waals surface area contributed by atoms with Gasteiger partial charge < -0.3 is 14.5 Å². The van der Waals surface area contributed by atoms with Crippen molar-refractivity contribution in [3.63, 3.8) is 0 Å². The molecular weight excluding hydrogens is 655 g/mol. The number of halogens is 4. The molecule has 4 aromatic rings. The molecule has 1 fully saturated rings. The maximum atomic E-state index is 14.7. The lowest BCUT2D eigenvalue weighted by Crippen LogP contribution is -2.51. The molecule has 1 spiro atoms. The van der Waals surface area contributed by atoms with Crippen molar-refractivity contribution in [3.05, 3.63) is 134 Å². The highest BCUT2D eigenvalue weighted by Gasteiger charge is 2.45. The number of amides is 2. The number of aryl methyl sites for hydroxylation is 1. The lowest BCUT2D eigenvalue weighted by atomic mass is 9.81. The van der Waals surface area contributed by atoms with Gasteiger partial charge in [-0.3, -0.25) is 10.1 Å². The first-order valence-corrected chi connectivity index (χ1v) is 16.8. The van der Waals surface area contributed by atoms with Crippen molar-refractivity contribution in [2.75, 3.05) is 18.4 Å². The summed E-state index contributed by atoms with van der Waals surface area (Å²) < 4.78 is 34.4. The average molecular weight is 693 g/mol. The van der Waals surface area contributed by atoms with E-state index in [0.29, 0.717) is 65.8 Å². The van der Waals surface area contributed by atoms with E-state index in [9.17, 15) is 18.4 Å². The van der Waals surface area contributed by atoms with Crippen molar-refractivity contribution in [1.29, 1.82) is 0 Å². The molecule has 10 heteroatoms. The zero-order valence-electron chi connectivity index (χ0n) is 26.8. The maximum absolute atomic E-state index is 14.7. The molecule has 0 radical (unpaired) electrons. The second kappa shape index (κ2) is 14.2. The van der Waals surface area contributed by atoms with Crippen LogP contribution in [0.15, 0.2) is 84.9 Å². The molecule has 0 saturated carbocycles. The molecule has 0 aliphatic carbocycles. The van der Waals surface area contributed by atoms with Gasteiger partial charge in [-0.2, -0.15) is 0 Å². The predicted octanol–water partition coefficient (Wildman–Crippen LogP) is 9.22. The number of rotatable bonds is 9. The molecule has 2 unspecified atom stereocenters. The van der Waals surface area contributed by atoms with Gasteiger partial charge in [-0.15, -0.1) is 0 Å². The minimum Gasteiger partial charge on any atom is -0.438 e. The maximum Gasteiger partial charge on any atom is 0.412 e. The van der Waals surface area contributed by atoms with Gasteiger partial charge in [-0.25, -0.2) is 13.6 Å². The molecule has 4 aromatic carbocycles. The van der Waals surface area contributed by atoms with Crippen LogP contribution in [0.4, 0.5) is 19.3 Å². The Morgan fingerprint density at radius 2 is 1.62 bits per heavy atom. The minimum atomic E-state index is -0.926. The highest BCUT2D eigenvalue weighted by Crippen LogP contribution is 2.44. The number of hydrogen-bond acceptors (Lipinski definition) is 4. The first kappa shape index (κ1) is 33.9. The van der Waals surface area contributed by atoms with Crippen LogP contribution in [-0.4, -0.2) is 40.9 Å². The van der Waals surface area contributed by atoms with Crippen molar-refractivity contribution < 1.29 is 23.1 Å². The first-order chi connectivity index (χ1) is 23.0. The summed E-state index contributed by atoms with van der Waals surface area (Å²) in [5.74, 6) is -1.45. The van der Waals surface area contributed by atoms with Crippen LogP contribution in [-0.2, 0) is 28.2 Å². The van der Waals surface area contributed by atoms with Crippen LogP contribution in [0.5, 0.6) is 0 Å². The number of nitrogens with one attached hydrogen (secondary N) is 1. The summed E-state index contributed by atoms with van der Waals surface area (Å²) in [5.41, 5.74) is 3.77. The van der Waals surface area contributed by atoms with Crippen LogP contribution in [0, 0.1) is 18.6 Å². The lowest BCUT2D eigenvalue weighted by molar-refractivity contribution is -0.134. The van der Waals surface area contributed by atoms with Crippen LogP contribution in [0.25, 0.3) is 0 Å². The molecule has 2 heterocycles. The van der Waals surface area contributed by atoms with Gasteiger partial charge in [-0.1, -0.05) is 71.2 Å². The fourth-order valence-electron chi connectivity index (χ4n) is 6.87. The number of anilines is 1. The summed E-state index contributed by atoms with van der Waals surface area (Å²) in [4.78, 5) is 31.2. The summed E-state index contributed by atoms with van der Waals surface area (Å²) in [7, 11) is 0. The van der Waals surface area contributed by atoms with E-state index < -0.39 is 17.6 Å². The molecule has 1 N–H and O–H groups in total. The number of ether oxygens (including phenoxy) is 1. The molecule has 48 heavy (non-hydrogen) atoms. The number of hydrogen-bond donors (Lipinski definition) is 1. The van der Waals surface area contributed by atoms with Crippen molar-refractivity contribution >= 4 is 40.9 Å². The molecule has 1 saturated heterocycles. The van der Waals surface area contributed by atoms with Gasteiger partial charge in [0.1, 0.15) is 17.2 Å². The quantitative estimate of drug-likeness (QED) is 0.190. The fourth-order valence-corrected chi connectivity index (χ4v) is 7.17. The fraction of sp³-hybridized carbons (Fsp3) is 0.316. The topological polar surface area (TPSA) is 61.9 Å². The van der Waals surface area contributed by atoms with Crippen LogP contribution < -0.4 is 5.32 Å². The normalized spacial score (nSPS) is 16.8. The first-order valence-electron chi connectivity index (χ1n) is 16.1. The van der Waals surface area contributed by atoms with E-state index in [4.69, 9.17) is 27.9 Å². The second-order valence-corrected chi connectivity index (χ2v) is 13.7. The molecule has 6 nitrogen and oxygen atoms in total. The van der Waals surface area contributed by atoms with Crippen LogP contribution in [0.1, 0.15) is 59.9 Å². The van der Waals surface area contributed by atoms with Gasteiger partial charge >= 0.3 is 6.09 Å². The SMILES string of the molecule is Cc1ccc(CN(Cc2cccc(F)c2)C(=O)C(CC(C)N2CCC3(CC2)OC(=O)Nc2ccc(F)cc23)c2ccc(Cl)c(Cl)c2)cc1. The zero-order valence-corrected chi connectivity index (χ0v) is 28.3. The van der Waals surface area contributed by atoms with Crippen molar-refractivity contribution in [1.82, 2.24) is 9.80 Å². The molecule has 2 aliphatic rings. The Bertz CT molecular complexity index is 1810. The minimum absolute atomic E-state index is 0.0643. The summed E-state index contributed by atoms with van der Waals surface area (Å²) in [6, 6.07) is 23.9. The highest BCUT2D eigenvalue weighted by atomic mass is 35.5. The van der Waals surface area contributed by atoms with Gasteiger partial charge in [0.2, 0.25) is 5.91 Å². The van der Waals surface area contributed by atoms with Crippen molar-refractivity contribution in [3.8, 4) is 0 Å². The van der Waals surface area contributed by atoms with Crippen LogP contribution >= 0.6 is 23.2 Å².